The van der Waals surface area contributed by atoms with Crippen molar-refractivity contribution in [2.45, 2.75) is 66.1 Å². The molecule has 22 heavy (non-hydrogen) atoms. The van der Waals surface area contributed by atoms with Crippen LogP contribution in [0, 0.1) is 0 Å². The lowest BCUT2D eigenvalue weighted by atomic mass is 9.99. The number of thioether (sulfide) groups is 2. The smallest absolute Gasteiger partial charge is 0.192 e. The summed E-state index contributed by atoms with van der Waals surface area (Å²) in [7, 11) is 0. The summed E-state index contributed by atoms with van der Waals surface area (Å²) in [6.07, 6.45) is 9.37. The molecular weight excluding hydrogens is 310 g/mol. The first kappa shape index (κ1) is 13.9. The molecule has 3 atom stereocenters. The van der Waals surface area contributed by atoms with E-state index in [1.807, 2.05) is 11.8 Å². The van der Waals surface area contributed by atoms with Crippen LogP contribution >= 0.6 is 23.5 Å². The molecule has 0 aromatic heterocycles. The van der Waals surface area contributed by atoms with E-state index in [-0.39, 0.29) is 9.80 Å². The molecule has 2 aliphatic carbocycles. The van der Waals surface area contributed by atoms with Crippen molar-refractivity contribution >= 4 is 28.6 Å². The number of hydrogen-bond acceptors (Lipinski definition) is 4. The number of rotatable bonds is 1. The molecular formula is C18H21NOS2. The maximum absolute atomic E-state index is 6.73. The highest BCUT2D eigenvalue weighted by Gasteiger charge is 2.65. The summed E-state index contributed by atoms with van der Waals surface area (Å²) < 4.78 is 6.60. The lowest BCUT2D eigenvalue weighted by Crippen LogP contribution is -2.43. The number of fused-ring (bicyclic) bond motifs is 2. The van der Waals surface area contributed by atoms with Gasteiger partial charge in [0.05, 0.1) is 6.10 Å². The van der Waals surface area contributed by atoms with Crippen LogP contribution in [0.5, 0.6) is 0 Å². The van der Waals surface area contributed by atoms with Gasteiger partial charge >= 0.3 is 0 Å². The van der Waals surface area contributed by atoms with Gasteiger partial charge in [0.15, 0.2) is 4.27 Å². The largest absolute Gasteiger partial charge is 0.347 e. The molecule has 0 bridgehead atoms. The second-order valence-corrected chi connectivity index (χ2v) is 9.76. The Morgan fingerprint density at radius 2 is 1.86 bits per heavy atom. The van der Waals surface area contributed by atoms with Gasteiger partial charge in [-0.2, -0.15) is 0 Å². The van der Waals surface area contributed by atoms with Gasteiger partial charge in [0.1, 0.15) is 10.6 Å². The fourth-order valence-electron chi connectivity index (χ4n) is 4.45. The predicted octanol–water partition coefficient (Wildman–Crippen LogP) is 4.83. The van der Waals surface area contributed by atoms with Gasteiger partial charge in [-0.3, -0.25) is 4.99 Å². The minimum absolute atomic E-state index is 0.0256. The first-order valence-corrected chi connectivity index (χ1v) is 10.2. The monoisotopic (exact) mass is 331 g/mol. The highest BCUT2D eigenvalue weighted by atomic mass is 32.2. The Labute approximate surface area is 140 Å². The molecule has 4 aliphatic rings. The van der Waals surface area contributed by atoms with Crippen molar-refractivity contribution in [1.29, 1.82) is 0 Å². The second-order valence-electron chi connectivity index (χ2n) is 6.92. The van der Waals surface area contributed by atoms with Crippen molar-refractivity contribution in [2.75, 3.05) is 0 Å². The molecule has 2 spiro atoms. The zero-order valence-electron chi connectivity index (χ0n) is 12.7. The zero-order chi connectivity index (χ0) is 14.6. The lowest BCUT2D eigenvalue weighted by Gasteiger charge is -2.36. The maximum atomic E-state index is 6.73. The van der Waals surface area contributed by atoms with E-state index in [0.29, 0.717) is 11.4 Å². The Bertz CT molecular complexity index is 597. The first-order chi connectivity index (χ1) is 10.8. The first-order valence-electron chi connectivity index (χ1n) is 8.50. The summed E-state index contributed by atoms with van der Waals surface area (Å²) in [6, 6.07) is 10.7. The molecule has 116 valence electrons. The van der Waals surface area contributed by atoms with E-state index < -0.39 is 0 Å². The van der Waals surface area contributed by atoms with Gasteiger partial charge in [-0.25, -0.2) is 0 Å². The highest BCUT2D eigenvalue weighted by molar-refractivity contribution is 8.26. The summed E-state index contributed by atoms with van der Waals surface area (Å²) in [4.78, 5) is 5.29. The van der Waals surface area contributed by atoms with Crippen molar-refractivity contribution < 1.29 is 4.74 Å². The molecule has 5 rings (SSSR count). The van der Waals surface area contributed by atoms with Gasteiger partial charge in [-0.1, -0.05) is 54.9 Å². The van der Waals surface area contributed by atoms with Crippen LogP contribution in [0.3, 0.4) is 0 Å². The summed E-state index contributed by atoms with van der Waals surface area (Å²) >= 11 is 4.03. The molecule has 2 aliphatic heterocycles. The lowest BCUT2D eigenvalue weighted by molar-refractivity contribution is 0.00460. The van der Waals surface area contributed by atoms with Gasteiger partial charge in [0, 0.05) is 10.8 Å². The molecule has 0 N–H and O–H groups in total. The summed E-state index contributed by atoms with van der Waals surface area (Å²) in [5, 5.41) is 1.91. The van der Waals surface area contributed by atoms with Crippen LogP contribution in [-0.2, 0) is 4.74 Å². The highest BCUT2D eigenvalue weighted by Crippen LogP contribution is 2.66. The van der Waals surface area contributed by atoms with Gasteiger partial charge in [-0.15, -0.1) is 11.8 Å². The topological polar surface area (TPSA) is 21.6 Å². The molecule has 0 radical (unpaired) electrons. The number of aliphatic imine (C=N–C) groups is 1. The third-order valence-corrected chi connectivity index (χ3v) is 9.01. The SMILES string of the molecule is c1ccc(C2=NC3(CCCC3)[C@]3(O[C@H]4CCC[C@@H]4S3)S2)cc1. The van der Waals surface area contributed by atoms with Crippen LogP contribution in [0.2, 0.25) is 0 Å². The van der Waals surface area contributed by atoms with E-state index in [1.165, 1.54) is 55.6 Å². The molecule has 2 nitrogen and oxygen atoms in total. The maximum Gasteiger partial charge on any atom is 0.192 e. The van der Waals surface area contributed by atoms with E-state index in [9.17, 15) is 0 Å². The molecule has 0 unspecified atom stereocenters. The van der Waals surface area contributed by atoms with E-state index in [2.05, 4.69) is 42.1 Å². The van der Waals surface area contributed by atoms with E-state index >= 15 is 0 Å². The Kier molecular flexibility index (Phi) is 3.18. The summed E-state index contributed by atoms with van der Waals surface area (Å²) in [5.74, 6) is 0. The summed E-state index contributed by atoms with van der Waals surface area (Å²) in [5.41, 5.74) is 1.29. The molecule has 1 aromatic carbocycles. The molecule has 2 saturated carbocycles. The quantitative estimate of drug-likeness (QED) is 0.735. The van der Waals surface area contributed by atoms with Crippen molar-refractivity contribution in [3.05, 3.63) is 35.9 Å². The number of benzene rings is 1. The Hall–Kier alpha value is -0.450. The molecule has 1 aromatic rings. The van der Waals surface area contributed by atoms with Crippen LogP contribution in [0.25, 0.3) is 0 Å². The van der Waals surface area contributed by atoms with Crippen LogP contribution in [0.15, 0.2) is 35.3 Å². The van der Waals surface area contributed by atoms with E-state index in [4.69, 9.17) is 9.73 Å². The van der Waals surface area contributed by atoms with Crippen LogP contribution in [0.4, 0.5) is 0 Å². The molecule has 4 heteroatoms. The van der Waals surface area contributed by atoms with Crippen LogP contribution < -0.4 is 0 Å². The number of hydrogen-bond donors (Lipinski definition) is 0. The Morgan fingerprint density at radius 1 is 1.05 bits per heavy atom. The fourth-order valence-corrected chi connectivity index (χ4v) is 8.26. The van der Waals surface area contributed by atoms with E-state index in [1.54, 1.807) is 0 Å². The Balaban J connectivity index is 1.54. The Morgan fingerprint density at radius 3 is 2.64 bits per heavy atom. The fraction of sp³-hybridized carbons (Fsp3) is 0.611. The van der Waals surface area contributed by atoms with Gasteiger partial charge in [0.25, 0.3) is 0 Å². The minimum Gasteiger partial charge on any atom is -0.347 e. The average Bonchev–Trinajstić information content (AvgIpc) is 3.27. The minimum atomic E-state index is -0.134. The van der Waals surface area contributed by atoms with Gasteiger partial charge < -0.3 is 4.74 Å². The van der Waals surface area contributed by atoms with Crippen LogP contribution in [-0.4, -0.2) is 26.2 Å². The number of nitrogens with zero attached hydrogens (tertiary/aromatic N) is 1. The molecule has 2 heterocycles. The second kappa shape index (κ2) is 5.02. The van der Waals surface area contributed by atoms with Crippen LogP contribution in [0.1, 0.15) is 50.5 Å². The standard InChI is InChI=1S/C18H21NOS2/c1-2-7-13(8-3-1)16-19-17(11-4-5-12-17)18(22-16)20-14-9-6-10-15(14)21-18/h1-3,7-8,14-15H,4-6,9-12H2/t14-,15-,18+/m0/s1. The van der Waals surface area contributed by atoms with E-state index in [0.717, 1.165) is 0 Å². The van der Waals surface area contributed by atoms with Gasteiger partial charge in [-0.05, 0) is 32.1 Å². The van der Waals surface area contributed by atoms with Crippen molar-refractivity contribution in [1.82, 2.24) is 0 Å². The molecule has 3 fully saturated rings. The molecule has 0 amide bonds. The van der Waals surface area contributed by atoms with Gasteiger partial charge in [0.2, 0.25) is 0 Å². The zero-order valence-corrected chi connectivity index (χ0v) is 14.3. The van der Waals surface area contributed by atoms with Crippen molar-refractivity contribution in [3.8, 4) is 0 Å². The third-order valence-electron chi connectivity index (χ3n) is 5.57. The average molecular weight is 332 g/mol. The van der Waals surface area contributed by atoms with Crippen molar-refractivity contribution in [3.63, 3.8) is 0 Å². The van der Waals surface area contributed by atoms with Crippen molar-refractivity contribution in [2.24, 2.45) is 4.99 Å². The molecule has 1 saturated heterocycles. The summed E-state index contributed by atoms with van der Waals surface area (Å²) in [6.45, 7) is 0. The predicted molar refractivity (Wildman–Crippen MR) is 94.6 cm³/mol. The number of ether oxygens (including phenoxy) is 1. The third kappa shape index (κ3) is 1.90. The normalized spacial score (nSPS) is 38.8.